The number of halogens is 3. The van der Waals surface area contributed by atoms with Crippen molar-refractivity contribution >= 4 is 16.9 Å². The van der Waals surface area contributed by atoms with E-state index >= 15 is 8.78 Å². The summed E-state index contributed by atoms with van der Waals surface area (Å²) in [5.74, 6) is -3.78. The lowest BCUT2D eigenvalue weighted by molar-refractivity contribution is -0.149. The molecule has 1 amide bonds. The second kappa shape index (κ2) is 8.22. The summed E-state index contributed by atoms with van der Waals surface area (Å²) >= 11 is 0. The van der Waals surface area contributed by atoms with E-state index in [0.717, 1.165) is 18.3 Å². The molecule has 3 aromatic rings. The normalized spacial score (nSPS) is 23.7. The predicted molar refractivity (Wildman–Crippen MR) is 114 cm³/mol. The number of nitrogens with one attached hydrogen (secondary N) is 2. The lowest BCUT2D eigenvalue weighted by Gasteiger charge is -2.48. The van der Waals surface area contributed by atoms with Gasteiger partial charge in [-0.05, 0) is 36.4 Å². The molecule has 3 atom stereocenters. The Hall–Kier alpha value is -2.91. The maximum atomic E-state index is 15.4. The Labute approximate surface area is 183 Å². The average Bonchev–Trinajstić information content (AvgIpc) is 3.12. The van der Waals surface area contributed by atoms with Crippen LogP contribution < -0.4 is 5.32 Å². The molecular weight excluding hydrogens is 421 g/mol. The maximum Gasteiger partial charge on any atom is 0.236 e. The number of likely N-dealkylation sites (N-methyl/N-ethyl adjacent to an activating group) is 1. The molecule has 1 unspecified atom stereocenters. The monoisotopic (exact) mass is 446 g/mol. The highest BCUT2D eigenvalue weighted by molar-refractivity contribution is 5.93. The van der Waals surface area contributed by atoms with E-state index in [4.69, 9.17) is 0 Å². The van der Waals surface area contributed by atoms with Crippen LogP contribution in [0.5, 0.6) is 0 Å². The molecule has 4 rings (SSSR count). The topological polar surface area (TPSA) is 81.2 Å². The number of aliphatic hydroxyl groups is 1. The zero-order valence-corrected chi connectivity index (χ0v) is 18.0. The van der Waals surface area contributed by atoms with E-state index in [0.29, 0.717) is 5.56 Å². The molecule has 0 bridgehead atoms. The van der Waals surface area contributed by atoms with E-state index in [-0.39, 0.29) is 42.1 Å². The summed E-state index contributed by atoms with van der Waals surface area (Å²) in [6.07, 6.45) is 2.56. The number of likely N-dealkylation sites (tertiary alicyclic amines) is 1. The molecule has 0 saturated carbocycles. The van der Waals surface area contributed by atoms with Crippen molar-refractivity contribution in [2.24, 2.45) is 11.8 Å². The number of fused-ring (bicyclic) bond motifs is 1. The molecule has 1 aromatic carbocycles. The van der Waals surface area contributed by atoms with Crippen molar-refractivity contribution in [3.63, 3.8) is 0 Å². The standard InChI is InChI=1S/C23H25F3N4O2/c1-12-10-30(19(31)9-27-3)11-13(2)23(12,32)21-16(24)6-14(7-17(21)25)15-4-5-28-22-20(15)18(26)8-29-22/h4-8,12-13,27,32H,9-11H2,1-3H3,(H,28,29)/t12-,13+,23?. The molecular formula is C23H25F3N4O2. The number of amides is 1. The van der Waals surface area contributed by atoms with Gasteiger partial charge in [-0.1, -0.05) is 13.8 Å². The van der Waals surface area contributed by atoms with Crippen LogP contribution in [-0.4, -0.2) is 52.6 Å². The quantitative estimate of drug-likeness (QED) is 0.575. The first kappa shape index (κ1) is 22.3. The summed E-state index contributed by atoms with van der Waals surface area (Å²) in [4.78, 5) is 20.6. The van der Waals surface area contributed by atoms with E-state index in [1.807, 2.05) is 0 Å². The number of hydrogen-bond donors (Lipinski definition) is 3. The molecule has 1 saturated heterocycles. The molecule has 170 valence electrons. The third kappa shape index (κ3) is 3.45. The van der Waals surface area contributed by atoms with Crippen LogP contribution in [0.15, 0.2) is 30.6 Å². The molecule has 1 aliphatic rings. The molecule has 0 spiro atoms. The third-order valence-corrected chi connectivity index (χ3v) is 6.45. The van der Waals surface area contributed by atoms with E-state index in [9.17, 15) is 14.3 Å². The molecule has 2 aromatic heterocycles. The summed E-state index contributed by atoms with van der Waals surface area (Å²) in [5, 5.41) is 14.4. The zero-order chi connectivity index (χ0) is 23.2. The smallest absolute Gasteiger partial charge is 0.236 e. The number of H-pyrrole nitrogens is 1. The first-order chi connectivity index (χ1) is 15.2. The van der Waals surface area contributed by atoms with Crippen LogP contribution in [0, 0.1) is 29.3 Å². The third-order valence-electron chi connectivity index (χ3n) is 6.45. The molecule has 1 aliphatic heterocycles. The molecule has 9 heteroatoms. The van der Waals surface area contributed by atoms with Crippen molar-refractivity contribution in [2.75, 3.05) is 26.7 Å². The van der Waals surface area contributed by atoms with E-state index in [1.165, 1.54) is 12.3 Å². The number of nitrogens with zero attached hydrogens (tertiary/aromatic N) is 2. The fraction of sp³-hybridized carbons (Fsp3) is 0.391. The highest BCUT2D eigenvalue weighted by atomic mass is 19.1. The van der Waals surface area contributed by atoms with Crippen LogP contribution in [0.3, 0.4) is 0 Å². The van der Waals surface area contributed by atoms with Crippen LogP contribution in [0.1, 0.15) is 19.4 Å². The first-order valence-corrected chi connectivity index (χ1v) is 10.4. The molecule has 3 N–H and O–H groups in total. The average molecular weight is 446 g/mol. The fourth-order valence-corrected chi connectivity index (χ4v) is 4.83. The fourth-order valence-electron chi connectivity index (χ4n) is 4.83. The molecule has 0 radical (unpaired) electrons. The van der Waals surface area contributed by atoms with Crippen LogP contribution in [-0.2, 0) is 10.4 Å². The Bertz CT molecular complexity index is 1140. The van der Waals surface area contributed by atoms with Crippen molar-refractivity contribution in [3.05, 3.63) is 53.6 Å². The van der Waals surface area contributed by atoms with Crippen LogP contribution in [0.25, 0.3) is 22.2 Å². The summed E-state index contributed by atoms with van der Waals surface area (Å²) in [6.45, 7) is 3.82. The van der Waals surface area contributed by atoms with Crippen LogP contribution in [0.2, 0.25) is 0 Å². The number of aromatic nitrogens is 2. The summed E-state index contributed by atoms with van der Waals surface area (Å²) in [6, 6.07) is 3.70. The Morgan fingerprint density at radius 1 is 1.22 bits per heavy atom. The number of rotatable bonds is 4. The first-order valence-electron chi connectivity index (χ1n) is 10.4. The van der Waals surface area contributed by atoms with Crippen molar-refractivity contribution in [2.45, 2.75) is 19.4 Å². The van der Waals surface area contributed by atoms with Gasteiger partial charge in [-0.2, -0.15) is 0 Å². The Morgan fingerprint density at radius 2 is 1.84 bits per heavy atom. The number of carbonyl (C=O) groups is 1. The van der Waals surface area contributed by atoms with Gasteiger partial charge in [-0.25, -0.2) is 18.2 Å². The molecule has 0 aliphatic carbocycles. The lowest BCUT2D eigenvalue weighted by Crippen LogP contribution is -2.57. The summed E-state index contributed by atoms with van der Waals surface area (Å²) < 4.78 is 45.0. The summed E-state index contributed by atoms with van der Waals surface area (Å²) in [7, 11) is 1.66. The van der Waals surface area contributed by atoms with Crippen molar-refractivity contribution < 1.29 is 23.1 Å². The molecule has 3 heterocycles. The number of piperidine rings is 1. The SMILES string of the molecule is CNCC(=O)N1C[C@@H](C)C(O)(c2c(F)cc(-c3ccnc4[nH]cc(F)c34)cc2F)[C@@H](C)C1. The van der Waals surface area contributed by atoms with Gasteiger partial charge in [0.25, 0.3) is 0 Å². The largest absolute Gasteiger partial charge is 0.384 e. The van der Waals surface area contributed by atoms with E-state index in [1.54, 1.807) is 25.8 Å². The second-order valence-electron chi connectivity index (χ2n) is 8.49. The van der Waals surface area contributed by atoms with Gasteiger partial charge >= 0.3 is 0 Å². The molecule has 32 heavy (non-hydrogen) atoms. The Balaban J connectivity index is 1.75. The number of benzene rings is 1. The number of pyridine rings is 1. The predicted octanol–water partition coefficient (Wildman–Crippen LogP) is 3.17. The number of aromatic amines is 1. The molecule has 1 fully saturated rings. The lowest BCUT2D eigenvalue weighted by atomic mass is 9.70. The highest BCUT2D eigenvalue weighted by Gasteiger charge is 2.49. The van der Waals surface area contributed by atoms with Gasteiger partial charge in [-0.3, -0.25) is 4.79 Å². The zero-order valence-electron chi connectivity index (χ0n) is 18.0. The van der Waals surface area contributed by atoms with Gasteiger partial charge in [-0.15, -0.1) is 0 Å². The van der Waals surface area contributed by atoms with E-state index in [2.05, 4.69) is 15.3 Å². The van der Waals surface area contributed by atoms with Crippen LogP contribution >= 0.6 is 0 Å². The van der Waals surface area contributed by atoms with E-state index < -0.39 is 40.5 Å². The Kier molecular flexibility index (Phi) is 5.72. The van der Waals surface area contributed by atoms with Gasteiger partial charge in [0, 0.05) is 37.3 Å². The minimum Gasteiger partial charge on any atom is -0.384 e. The van der Waals surface area contributed by atoms with Gasteiger partial charge in [0.1, 0.15) is 22.9 Å². The minimum absolute atomic E-state index is 0.135. The highest BCUT2D eigenvalue weighted by Crippen LogP contribution is 2.44. The Morgan fingerprint density at radius 3 is 2.44 bits per heavy atom. The minimum atomic E-state index is -1.81. The summed E-state index contributed by atoms with van der Waals surface area (Å²) in [5.41, 5.74) is -1.54. The van der Waals surface area contributed by atoms with Crippen molar-refractivity contribution in [1.82, 2.24) is 20.2 Å². The van der Waals surface area contributed by atoms with Gasteiger partial charge < -0.3 is 20.3 Å². The van der Waals surface area contributed by atoms with Crippen molar-refractivity contribution in [1.29, 1.82) is 0 Å². The van der Waals surface area contributed by atoms with Crippen molar-refractivity contribution in [3.8, 4) is 11.1 Å². The van der Waals surface area contributed by atoms with Gasteiger partial charge in [0.15, 0.2) is 5.82 Å². The van der Waals surface area contributed by atoms with Gasteiger partial charge in [0.2, 0.25) is 5.91 Å². The second-order valence-corrected chi connectivity index (χ2v) is 8.49. The molecule has 6 nitrogen and oxygen atoms in total. The van der Waals surface area contributed by atoms with Crippen LogP contribution in [0.4, 0.5) is 13.2 Å². The maximum absolute atomic E-state index is 15.4. The number of hydrogen-bond acceptors (Lipinski definition) is 4. The number of carbonyl (C=O) groups excluding carboxylic acids is 1. The van der Waals surface area contributed by atoms with Gasteiger partial charge in [0.05, 0.1) is 17.5 Å².